The molecule has 0 spiro atoms. The number of hydrogen-bond donors (Lipinski definition) is 0. The van der Waals surface area contributed by atoms with Crippen LogP contribution in [0.5, 0.6) is 23.0 Å². The molecule has 7 heteroatoms. The van der Waals surface area contributed by atoms with Crippen molar-refractivity contribution in [3.8, 4) is 23.0 Å². The van der Waals surface area contributed by atoms with Gasteiger partial charge < -0.3 is 23.7 Å². The minimum absolute atomic E-state index is 0.165. The first-order chi connectivity index (χ1) is 13.7. The lowest BCUT2D eigenvalue weighted by molar-refractivity contribution is 0.0388. The van der Waals surface area contributed by atoms with Gasteiger partial charge in [0.1, 0.15) is 0 Å². The zero-order valence-electron chi connectivity index (χ0n) is 15.8. The molecule has 2 aliphatic heterocycles. The molecule has 0 fully saturated rings. The molecule has 3 aliphatic rings. The van der Waals surface area contributed by atoms with Gasteiger partial charge in [0.25, 0.3) is 0 Å². The molecule has 0 saturated carbocycles. The highest BCUT2D eigenvalue weighted by Gasteiger charge is 2.56. The smallest absolute Gasteiger partial charge is 0.231 e. The Morgan fingerprint density at radius 3 is 2.57 bits per heavy atom. The molecule has 0 saturated heterocycles. The van der Waals surface area contributed by atoms with Gasteiger partial charge in [0.2, 0.25) is 12.6 Å². The minimum atomic E-state index is -1.35. The molecule has 1 atom stereocenters. The number of benzene rings is 2. The van der Waals surface area contributed by atoms with E-state index in [9.17, 15) is 4.79 Å². The van der Waals surface area contributed by atoms with Crippen molar-refractivity contribution in [2.75, 3.05) is 34.7 Å². The number of rotatable bonds is 3. The van der Waals surface area contributed by atoms with Crippen LogP contribution in [0, 0.1) is 0 Å². The summed E-state index contributed by atoms with van der Waals surface area (Å²) in [7, 11) is 4.65. The van der Waals surface area contributed by atoms with Crippen LogP contribution >= 0.6 is 0 Å². The molecule has 144 valence electrons. The molecule has 0 radical (unpaired) electrons. The van der Waals surface area contributed by atoms with Crippen LogP contribution in [0.3, 0.4) is 0 Å². The van der Waals surface area contributed by atoms with E-state index >= 15 is 0 Å². The fraction of sp³-hybridized carbons (Fsp3) is 0.333. The van der Waals surface area contributed by atoms with E-state index in [1.165, 1.54) is 7.11 Å². The molecule has 0 unspecified atom stereocenters. The molecule has 0 amide bonds. The molecule has 5 rings (SSSR count). The average molecular weight is 381 g/mol. The van der Waals surface area contributed by atoms with E-state index in [0.29, 0.717) is 52.8 Å². The Morgan fingerprint density at radius 2 is 1.86 bits per heavy atom. The highest BCUT2D eigenvalue weighted by atomic mass is 16.7. The second kappa shape index (κ2) is 5.97. The number of ether oxygens (including phenoxy) is 5. The highest BCUT2D eigenvalue weighted by molar-refractivity contribution is 6.35. The molecule has 1 aliphatic carbocycles. The van der Waals surface area contributed by atoms with Crippen LogP contribution in [0.15, 0.2) is 29.3 Å². The summed E-state index contributed by atoms with van der Waals surface area (Å²) in [5.41, 5.74) is 2.01. The normalized spacial score (nSPS) is 21.4. The highest BCUT2D eigenvalue weighted by Crippen LogP contribution is 2.50. The summed E-state index contributed by atoms with van der Waals surface area (Å²) in [6, 6.07) is 7.23. The third-order valence-corrected chi connectivity index (χ3v) is 5.62. The van der Waals surface area contributed by atoms with Crippen molar-refractivity contribution in [2.45, 2.75) is 12.0 Å². The first-order valence-electron chi connectivity index (χ1n) is 8.99. The summed E-state index contributed by atoms with van der Waals surface area (Å²) in [6.07, 6.45) is 0.662. The van der Waals surface area contributed by atoms with Gasteiger partial charge in [0.15, 0.2) is 28.6 Å². The number of Topliss-reactive ketones (excluding diaryl/α,β-unsaturated/α-hetero) is 1. The first kappa shape index (κ1) is 17.1. The van der Waals surface area contributed by atoms with Gasteiger partial charge in [-0.25, -0.2) is 0 Å². The fourth-order valence-corrected chi connectivity index (χ4v) is 4.37. The van der Waals surface area contributed by atoms with Crippen LogP contribution in [0.25, 0.3) is 0 Å². The number of carbonyl (C=O) groups is 1. The van der Waals surface area contributed by atoms with Crippen molar-refractivity contribution >= 4 is 11.5 Å². The Labute approximate surface area is 161 Å². The van der Waals surface area contributed by atoms with Crippen LogP contribution in [-0.2, 0) is 16.8 Å². The summed E-state index contributed by atoms with van der Waals surface area (Å²) >= 11 is 0. The SMILES string of the molecule is COc1ccc2c(c1OC)C1=NCCc3cc4c(cc3[C@@]1(OC)C2=O)OCO4. The molecule has 0 aromatic heterocycles. The van der Waals surface area contributed by atoms with Crippen molar-refractivity contribution < 1.29 is 28.5 Å². The van der Waals surface area contributed by atoms with E-state index in [4.69, 9.17) is 28.7 Å². The lowest BCUT2D eigenvalue weighted by Gasteiger charge is -2.28. The van der Waals surface area contributed by atoms with Gasteiger partial charge in [0.05, 0.1) is 25.5 Å². The molecule has 2 aromatic rings. The molecular formula is C21H19NO6. The van der Waals surface area contributed by atoms with Gasteiger partial charge in [0, 0.05) is 24.8 Å². The van der Waals surface area contributed by atoms with E-state index in [1.54, 1.807) is 26.4 Å². The van der Waals surface area contributed by atoms with Gasteiger partial charge in [-0.2, -0.15) is 0 Å². The number of hydrogen-bond acceptors (Lipinski definition) is 7. The predicted molar refractivity (Wildman–Crippen MR) is 100 cm³/mol. The van der Waals surface area contributed by atoms with Gasteiger partial charge in [-0.05, 0) is 36.2 Å². The predicted octanol–water partition coefficient (Wildman–Crippen LogP) is 2.52. The average Bonchev–Trinajstić information content (AvgIpc) is 3.22. The maximum Gasteiger partial charge on any atom is 0.231 e. The van der Waals surface area contributed by atoms with Crippen LogP contribution in [0.2, 0.25) is 0 Å². The molecule has 0 bridgehead atoms. The van der Waals surface area contributed by atoms with Gasteiger partial charge in [-0.15, -0.1) is 0 Å². The van der Waals surface area contributed by atoms with Crippen LogP contribution in [0.4, 0.5) is 0 Å². The minimum Gasteiger partial charge on any atom is -0.493 e. The van der Waals surface area contributed by atoms with Crippen LogP contribution in [0.1, 0.15) is 27.0 Å². The van der Waals surface area contributed by atoms with Crippen molar-refractivity contribution in [3.63, 3.8) is 0 Å². The zero-order valence-corrected chi connectivity index (χ0v) is 15.8. The van der Waals surface area contributed by atoms with Gasteiger partial charge in [-0.3, -0.25) is 9.79 Å². The number of fused-ring (bicyclic) bond motifs is 6. The van der Waals surface area contributed by atoms with Crippen molar-refractivity contribution in [1.29, 1.82) is 0 Å². The number of ketones is 1. The maximum absolute atomic E-state index is 13.7. The van der Waals surface area contributed by atoms with Gasteiger partial charge in [-0.1, -0.05) is 0 Å². The zero-order chi connectivity index (χ0) is 19.5. The van der Waals surface area contributed by atoms with Crippen molar-refractivity contribution in [3.05, 3.63) is 46.5 Å². The largest absolute Gasteiger partial charge is 0.493 e. The van der Waals surface area contributed by atoms with Gasteiger partial charge >= 0.3 is 0 Å². The number of carbonyl (C=O) groups excluding carboxylic acids is 1. The second-order valence-electron chi connectivity index (χ2n) is 6.78. The lowest BCUT2D eigenvalue weighted by atomic mass is 9.84. The van der Waals surface area contributed by atoms with E-state index < -0.39 is 5.60 Å². The number of aliphatic imine (C=N–C) groups is 1. The number of methoxy groups -OCH3 is 3. The number of nitrogens with zero attached hydrogens (tertiary/aromatic N) is 1. The maximum atomic E-state index is 13.7. The third kappa shape index (κ3) is 1.97. The Bertz CT molecular complexity index is 1040. The Hall–Kier alpha value is -3.06. The summed E-state index contributed by atoms with van der Waals surface area (Å²) in [4.78, 5) is 18.5. The first-order valence-corrected chi connectivity index (χ1v) is 8.99. The molecular weight excluding hydrogens is 362 g/mol. The molecule has 0 N–H and O–H groups in total. The monoisotopic (exact) mass is 381 g/mol. The topological polar surface area (TPSA) is 75.6 Å². The summed E-state index contributed by atoms with van der Waals surface area (Å²) < 4.78 is 28.1. The van der Waals surface area contributed by atoms with E-state index in [2.05, 4.69) is 0 Å². The Balaban J connectivity index is 1.82. The standard InChI is InChI=1S/C21H19NO6/c1-24-14-5-4-12-17(18(14)25-2)19-21(26-3,20(12)23)13-9-16-15(27-10-28-16)8-11(13)6-7-22-19/h4-5,8-9H,6-7,10H2,1-3H3/t21-/m0/s1. The summed E-state index contributed by atoms with van der Waals surface area (Å²) in [5, 5.41) is 0. The fourth-order valence-electron chi connectivity index (χ4n) is 4.37. The van der Waals surface area contributed by atoms with Crippen molar-refractivity contribution in [1.82, 2.24) is 0 Å². The van der Waals surface area contributed by atoms with Crippen LogP contribution < -0.4 is 18.9 Å². The van der Waals surface area contributed by atoms with E-state index in [0.717, 1.165) is 11.1 Å². The molecule has 2 aromatic carbocycles. The quantitative estimate of drug-likeness (QED) is 0.813. The van der Waals surface area contributed by atoms with Crippen LogP contribution in [-0.4, -0.2) is 46.2 Å². The second-order valence-corrected chi connectivity index (χ2v) is 6.78. The molecule has 28 heavy (non-hydrogen) atoms. The summed E-state index contributed by atoms with van der Waals surface area (Å²) in [5.74, 6) is 2.13. The van der Waals surface area contributed by atoms with E-state index in [-0.39, 0.29) is 12.6 Å². The lowest BCUT2D eigenvalue weighted by Crippen LogP contribution is -2.41. The molecule has 7 nitrogen and oxygen atoms in total. The Kier molecular flexibility index (Phi) is 3.64. The van der Waals surface area contributed by atoms with E-state index in [1.807, 2.05) is 12.1 Å². The van der Waals surface area contributed by atoms with Crippen molar-refractivity contribution in [2.24, 2.45) is 4.99 Å². The molecule has 2 heterocycles. The Morgan fingerprint density at radius 1 is 1.07 bits per heavy atom. The summed E-state index contributed by atoms with van der Waals surface area (Å²) in [6.45, 7) is 0.679. The third-order valence-electron chi connectivity index (χ3n) is 5.62.